The van der Waals surface area contributed by atoms with Crippen LogP contribution in [0.1, 0.15) is 11.7 Å². The second-order valence-corrected chi connectivity index (χ2v) is 3.05. The highest BCUT2D eigenvalue weighted by Crippen LogP contribution is 2.24. The van der Waals surface area contributed by atoms with Crippen molar-refractivity contribution in [2.24, 2.45) is 5.73 Å². The highest BCUT2D eigenvalue weighted by Gasteiger charge is 2.09. The minimum Gasteiger partial charge on any atom is -0.469 e. The Morgan fingerprint density at radius 1 is 1.50 bits per heavy atom. The molecule has 4 nitrogen and oxygen atoms in total. The maximum atomic E-state index is 5.50. The third-order valence-electron chi connectivity index (χ3n) is 2.04. The van der Waals surface area contributed by atoms with Gasteiger partial charge in [-0.05, 0) is 13.0 Å². The summed E-state index contributed by atoms with van der Waals surface area (Å²) in [6.07, 6.45) is 4.00. The summed E-state index contributed by atoms with van der Waals surface area (Å²) in [6, 6.07) is 1.86. The number of hydrogen-bond donors (Lipinski definition) is 1. The molecule has 0 amide bonds. The number of nitrogens with zero attached hydrogens (tertiary/aromatic N) is 1. The first-order chi connectivity index (χ1) is 6.81. The van der Waals surface area contributed by atoms with Crippen molar-refractivity contribution in [3.63, 3.8) is 0 Å². The number of hydrogen-bond acceptors (Lipinski definition) is 4. The van der Waals surface area contributed by atoms with Crippen LogP contribution < -0.4 is 5.73 Å². The van der Waals surface area contributed by atoms with E-state index in [0.717, 1.165) is 17.1 Å². The normalized spacial score (nSPS) is 10.7. The number of nitrogens with two attached hydrogens (primary N) is 1. The van der Waals surface area contributed by atoms with E-state index in [4.69, 9.17) is 14.6 Å². The number of furan rings is 1. The zero-order valence-electron chi connectivity index (χ0n) is 7.99. The summed E-state index contributed by atoms with van der Waals surface area (Å²) >= 11 is 0. The van der Waals surface area contributed by atoms with Gasteiger partial charge in [0.25, 0.3) is 0 Å². The SMILES string of the molecule is Cc1occc1-c1cnc(CCN)o1. The molecule has 0 aromatic carbocycles. The van der Waals surface area contributed by atoms with Crippen molar-refractivity contribution in [2.75, 3.05) is 6.54 Å². The summed E-state index contributed by atoms with van der Waals surface area (Å²) in [7, 11) is 0. The molecule has 2 rings (SSSR count). The van der Waals surface area contributed by atoms with Crippen molar-refractivity contribution in [1.29, 1.82) is 0 Å². The lowest BCUT2D eigenvalue weighted by Crippen LogP contribution is -2.02. The van der Waals surface area contributed by atoms with Crippen LogP contribution in [-0.4, -0.2) is 11.5 Å². The van der Waals surface area contributed by atoms with E-state index in [1.54, 1.807) is 12.5 Å². The van der Waals surface area contributed by atoms with Gasteiger partial charge in [0.15, 0.2) is 11.7 Å². The predicted octanol–water partition coefficient (Wildman–Crippen LogP) is 1.74. The van der Waals surface area contributed by atoms with Crippen molar-refractivity contribution >= 4 is 0 Å². The number of rotatable bonds is 3. The van der Waals surface area contributed by atoms with Crippen LogP contribution >= 0.6 is 0 Å². The molecule has 0 atom stereocenters. The van der Waals surface area contributed by atoms with Crippen LogP contribution in [0, 0.1) is 6.92 Å². The zero-order chi connectivity index (χ0) is 9.97. The molecule has 0 aliphatic rings. The Balaban J connectivity index is 2.29. The minimum absolute atomic E-state index is 0.546. The second kappa shape index (κ2) is 3.67. The van der Waals surface area contributed by atoms with Crippen LogP contribution in [0.5, 0.6) is 0 Å². The molecule has 74 valence electrons. The smallest absolute Gasteiger partial charge is 0.196 e. The Bertz CT molecular complexity index is 417. The van der Waals surface area contributed by atoms with Gasteiger partial charge in [0.2, 0.25) is 0 Å². The molecule has 2 aromatic heterocycles. The van der Waals surface area contributed by atoms with Gasteiger partial charge in [-0.1, -0.05) is 0 Å². The zero-order valence-corrected chi connectivity index (χ0v) is 7.99. The van der Waals surface area contributed by atoms with Crippen molar-refractivity contribution in [3.8, 4) is 11.3 Å². The summed E-state index contributed by atoms with van der Waals surface area (Å²) < 4.78 is 10.7. The number of aryl methyl sites for hydroxylation is 1. The van der Waals surface area contributed by atoms with Crippen LogP contribution in [0.2, 0.25) is 0 Å². The molecule has 2 N–H and O–H groups in total. The molecule has 0 aliphatic heterocycles. The Morgan fingerprint density at radius 2 is 2.36 bits per heavy atom. The lowest BCUT2D eigenvalue weighted by atomic mass is 10.2. The minimum atomic E-state index is 0.546. The lowest BCUT2D eigenvalue weighted by Gasteiger charge is -1.92. The molecule has 4 heteroatoms. The molecule has 0 saturated heterocycles. The summed E-state index contributed by atoms with van der Waals surface area (Å²) in [5, 5.41) is 0. The summed E-state index contributed by atoms with van der Waals surface area (Å²) in [5.41, 5.74) is 6.35. The van der Waals surface area contributed by atoms with Crippen molar-refractivity contribution in [3.05, 3.63) is 30.2 Å². The number of aromatic nitrogens is 1. The Hall–Kier alpha value is -1.55. The predicted molar refractivity (Wildman–Crippen MR) is 51.7 cm³/mol. The van der Waals surface area contributed by atoms with Gasteiger partial charge in [0.05, 0.1) is 18.0 Å². The fourth-order valence-electron chi connectivity index (χ4n) is 1.31. The molecule has 2 heterocycles. The molecule has 14 heavy (non-hydrogen) atoms. The molecule has 0 spiro atoms. The van der Waals surface area contributed by atoms with E-state index < -0.39 is 0 Å². The maximum absolute atomic E-state index is 5.50. The van der Waals surface area contributed by atoms with Crippen molar-refractivity contribution in [2.45, 2.75) is 13.3 Å². The summed E-state index contributed by atoms with van der Waals surface area (Å²) in [4.78, 5) is 4.11. The molecule has 0 unspecified atom stereocenters. The van der Waals surface area contributed by atoms with E-state index >= 15 is 0 Å². The average Bonchev–Trinajstić information content (AvgIpc) is 2.74. The van der Waals surface area contributed by atoms with E-state index in [9.17, 15) is 0 Å². The molecular formula is C10H12N2O2. The van der Waals surface area contributed by atoms with Gasteiger partial charge in [-0.3, -0.25) is 0 Å². The van der Waals surface area contributed by atoms with Crippen LogP contribution in [0.4, 0.5) is 0 Å². The van der Waals surface area contributed by atoms with Crippen molar-refractivity contribution < 1.29 is 8.83 Å². The van der Waals surface area contributed by atoms with Crippen LogP contribution in [-0.2, 0) is 6.42 Å². The van der Waals surface area contributed by atoms with Gasteiger partial charge in [-0.15, -0.1) is 0 Å². The standard InChI is InChI=1S/C10H12N2O2/c1-7-8(3-5-13-7)9-6-12-10(14-9)2-4-11/h3,5-6H,2,4,11H2,1H3. The quantitative estimate of drug-likeness (QED) is 0.804. The van der Waals surface area contributed by atoms with Crippen LogP contribution in [0.15, 0.2) is 27.4 Å². The van der Waals surface area contributed by atoms with E-state index in [0.29, 0.717) is 18.9 Å². The summed E-state index contributed by atoms with van der Waals surface area (Å²) in [6.45, 7) is 2.44. The third-order valence-corrected chi connectivity index (χ3v) is 2.04. The Morgan fingerprint density at radius 3 is 3.00 bits per heavy atom. The van der Waals surface area contributed by atoms with E-state index in [1.165, 1.54) is 0 Å². The molecule has 2 aromatic rings. The lowest BCUT2D eigenvalue weighted by molar-refractivity contribution is 0.502. The molecule has 0 saturated carbocycles. The first-order valence-electron chi connectivity index (χ1n) is 4.50. The monoisotopic (exact) mass is 192 g/mol. The van der Waals surface area contributed by atoms with Crippen LogP contribution in [0.3, 0.4) is 0 Å². The van der Waals surface area contributed by atoms with Gasteiger partial charge in [-0.25, -0.2) is 4.98 Å². The molecule has 0 bridgehead atoms. The Kier molecular flexibility index (Phi) is 2.37. The molecule has 0 fully saturated rings. The van der Waals surface area contributed by atoms with E-state index in [-0.39, 0.29) is 0 Å². The van der Waals surface area contributed by atoms with Gasteiger partial charge in [0, 0.05) is 13.0 Å². The van der Waals surface area contributed by atoms with Gasteiger partial charge >= 0.3 is 0 Å². The molecular weight excluding hydrogens is 180 g/mol. The van der Waals surface area contributed by atoms with Gasteiger partial charge < -0.3 is 14.6 Å². The highest BCUT2D eigenvalue weighted by molar-refractivity contribution is 5.58. The van der Waals surface area contributed by atoms with E-state index in [2.05, 4.69) is 4.98 Å². The molecule has 0 aliphatic carbocycles. The number of oxazole rings is 1. The maximum Gasteiger partial charge on any atom is 0.196 e. The highest BCUT2D eigenvalue weighted by atomic mass is 16.4. The summed E-state index contributed by atoms with van der Waals surface area (Å²) in [5.74, 6) is 2.24. The largest absolute Gasteiger partial charge is 0.469 e. The second-order valence-electron chi connectivity index (χ2n) is 3.05. The van der Waals surface area contributed by atoms with Crippen molar-refractivity contribution in [1.82, 2.24) is 4.98 Å². The topological polar surface area (TPSA) is 65.2 Å². The van der Waals surface area contributed by atoms with Gasteiger partial charge in [0.1, 0.15) is 5.76 Å². The third kappa shape index (κ3) is 1.56. The van der Waals surface area contributed by atoms with Crippen LogP contribution in [0.25, 0.3) is 11.3 Å². The molecule has 0 radical (unpaired) electrons. The Labute approximate surface area is 81.7 Å². The fourth-order valence-corrected chi connectivity index (χ4v) is 1.31. The van der Waals surface area contributed by atoms with E-state index in [1.807, 2.05) is 13.0 Å². The van der Waals surface area contributed by atoms with Gasteiger partial charge in [-0.2, -0.15) is 0 Å². The first-order valence-corrected chi connectivity index (χ1v) is 4.50. The average molecular weight is 192 g/mol. The fraction of sp³-hybridized carbons (Fsp3) is 0.300. The first kappa shape index (κ1) is 9.02.